The first-order valence-corrected chi connectivity index (χ1v) is 5.96. The summed E-state index contributed by atoms with van der Waals surface area (Å²) in [5, 5.41) is 7.07. The Hall–Kier alpha value is -1.27. The van der Waals surface area contributed by atoms with Crippen LogP contribution in [0.2, 0.25) is 0 Å². The molecule has 5 nitrogen and oxygen atoms in total. The van der Waals surface area contributed by atoms with E-state index in [0.29, 0.717) is 11.7 Å². The van der Waals surface area contributed by atoms with Crippen LogP contribution < -0.4 is 5.32 Å². The van der Waals surface area contributed by atoms with Crippen molar-refractivity contribution in [1.29, 1.82) is 0 Å². The summed E-state index contributed by atoms with van der Waals surface area (Å²) in [4.78, 5) is 8.43. The molecule has 0 unspecified atom stereocenters. The van der Waals surface area contributed by atoms with Crippen LogP contribution >= 0.6 is 15.9 Å². The molecule has 2 aromatic rings. The van der Waals surface area contributed by atoms with Crippen molar-refractivity contribution < 1.29 is 4.52 Å². The van der Waals surface area contributed by atoms with Gasteiger partial charge in [0.15, 0.2) is 0 Å². The van der Waals surface area contributed by atoms with Gasteiger partial charge in [0.25, 0.3) is 0 Å². The molecular weight excluding hydrogens is 284 g/mol. The van der Waals surface area contributed by atoms with Gasteiger partial charge in [-0.05, 0) is 42.9 Å². The summed E-state index contributed by atoms with van der Waals surface area (Å²) in [6.07, 6.45) is 3.41. The third-order valence-electron chi connectivity index (χ3n) is 2.55. The lowest BCUT2D eigenvalue weighted by molar-refractivity contribution is 0.281. The highest BCUT2D eigenvalue weighted by molar-refractivity contribution is 9.10. The molecule has 2 rings (SSSR count). The van der Waals surface area contributed by atoms with Crippen LogP contribution in [0.3, 0.4) is 0 Å². The van der Waals surface area contributed by atoms with Gasteiger partial charge < -0.3 is 9.84 Å². The highest BCUT2D eigenvalue weighted by Crippen LogP contribution is 2.23. The van der Waals surface area contributed by atoms with Gasteiger partial charge in [-0.25, -0.2) is 0 Å². The van der Waals surface area contributed by atoms with Crippen molar-refractivity contribution in [2.75, 3.05) is 7.05 Å². The van der Waals surface area contributed by atoms with Gasteiger partial charge in [-0.15, -0.1) is 0 Å². The minimum absolute atomic E-state index is 0.343. The molecule has 0 fully saturated rings. The second kappa shape index (κ2) is 4.54. The van der Waals surface area contributed by atoms with Crippen LogP contribution in [0.4, 0.5) is 0 Å². The highest BCUT2D eigenvalue weighted by Gasteiger charge is 2.25. The zero-order valence-corrected chi connectivity index (χ0v) is 11.4. The fourth-order valence-electron chi connectivity index (χ4n) is 1.24. The lowest BCUT2D eigenvalue weighted by Gasteiger charge is -2.17. The van der Waals surface area contributed by atoms with Gasteiger partial charge >= 0.3 is 0 Å². The van der Waals surface area contributed by atoms with E-state index in [2.05, 4.69) is 36.4 Å². The smallest absolute Gasteiger partial charge is 0.246 e. The summed E-state index contributed by atoms with van der Waals surface area (Å²) in [5.41, 5.74) is 0.478. The predicted octanol–water partition coefficient (Wildman–Crippen LogP) is 2.35. The highest BCUT2D eigenvalue weighted by atomic mass is 79.9. The van der Waals surface area contributed by atoms with Crippen LogP contribution in [0, 0.1) is 0 Å². The molecule has 0 aliphatic heterocycles. The molecule has 2 aromatic heterocycles. The molecule has 0 amide bonds. The first-order valence-electron chi connectivity index (χ1n) is 5.17. The standard InChI is InChI=1S/C11H13BrN4O/c1-11(2,13-3)10-15-9(16-17-10)7-4-8(12)6-14-5-7/h4-6,13H,1-3H3. The van der Waals surface area contributed by atoms with Crippen LogP contribution in [0.25, 0.3) is 11.4 Å². The molecule has 90 valence electrons. The molecule has 0 aliphatic carbocycles. The minimum Gasteiger partial charge on any atom is -0.337 e. The summed E-state index contributed by atoms with van der Waals surface area (Å²) >= 11 is 3.36. The average Bonchev–Trinajstić information content (AvgIpc) is 2.79. The van der Waals surface area contributed by atoms with Crippen LogP contribution in [-0.4, -0.2) is 22.2 Å². The molecule has 0 saturated carbocycles. The van der Waals surface area contributed by atoms with E-state index in [-0.39, 0.29) is 5.54 Å². The van der Waals surface area contributed by atoms with Gasteiger partial charge in [-0.3, -0.25) is 4.98 Å². The molecule has 6 heteroatoms. The molecule has 0 aromatic carbocycles. The largest absolute Gasteiger partial charge is 0.337 e. The lowest BCUT2D eigenvalue weighted by atomic mass is 10.1. The summed E-state index contributed by atoms with van der Waals surface area (Å²) < 4.78 is 6.13. The fraction of sp³-hybridized carbons (Fsp3) is 0.364. The first-order chi connectivity index (χ1) is 8.03. The molecule has 0 bridgehead atoms. The second-order valence-electron chi connectivity index (χ2n) is 4.19. The summed E-state index contributed by atoms with van der Waals surface area (Å²) in [6, 6.07) is 1.90. The number of nitrogens with one attached hydrogen (secondary N) is 1. The van der Waals surface area contributed by atoms with Crippen molar-refractivity contribution in [3.63, 3.8) is 0 Å². The van der Waals surface area contributed by atoms with Crippen LogP contribution in [-0.2, 0) is 5.54 Å². The Bertz CT molecular complexity index is 524. The maximum absolute atomic E-state index is 5.25. The van der Waals surface area contributed by atoms with E-state index in [0.717, 1.165) is 10.0 Å². The molecule has 2 heterocycles. The Labute approximate surface area is 108 Å². The molecule has 0 spiro atoms. The number of nitrogens with zero attached hydrogens (tertiary/aromatic N) is 3. The number of pyridine rings is 1. The maximum atomic E-state index is 5.25. The Kier molecular flexibility index (Phi) is 3.26. The first kappa shape index (κ1) is 12.2. The zero-order chi connectivity index (χ0) is 12.5. The quantitative estimate of drug-likeness (QED) is 0.942. The Balaban J connectivity index is 2.36. The number of aromatic nitrogens is 3. The summed E-state index contributed by atoms with van der Waals surface area (Å²) in [5.74, 6) is 1.09. The molecule has 0 aliphatic rings. The van der Waals surface area contributed by atoms with Crippen molar-refractivity contribution in [2.45, 2.75) is 19.4 Å². The monoisotopic (exact) mass is 296 g/mol. The number of halogens is 1. The summed E-state index contributed by atoms with van der Waals surface area (Å²) in [7, 11) is 1.85. The number of rotatable bonds is 3. The fourth-order valence-corrected chi connectivity index (χ4v) is 1.60. The van der Waals surface area contributed by atoms with E-state index in [9.17, 15) is 0 Å². The van der Waals surface area contributed by atoms with E-state index in [1.54, 1.807) is 12.4 Å². The Morgan fingerprint density at radius 3 is 2.76 bits per heavy atom. The minimum atomic E-state index is -0.343. The van der Waals surface area contributed by atoms with Crippen LogP contribution in [0.1, 0.15) is 19.7 Å². The molecule has 0 saturated heterocycles. The van der Waals surface area contributed by atoms with E-state index in [1.807, 2.05) is 27.0 Å². The third kappa shape index (κ3) is 2.53. The number of hydrogen-bond acceptors (Lipinski definition) is 5. The average molecular weight is 297 g/mol. The van der Waals surface area contributed by atoms with E-state index >= 15 is 0 Å². The zero-order valence-electron chi connectivity index (χ0n) is 9.86. The van der Waals surface area contributed by atoms with Crippen molar-refractivity contribution in [3.8, 4) is 11.4 Å². The molecular formula is C11H13BrN4O. The molecule has 1 N–H and O–H groups in total. The van der Waals surface area contributed by atoms with Crippen LogP contribution in [0.5, 0.6) is 0 Å². The van der Waals surface area contributed by atoms with Gasteiger partial charge in [0.2, 0.25) is 11.7 Å². The van der Waals surface area contributed by atoms with Crippen LogP contribution in [0.15, 0.2) is 27.5 Å². The van der Waals surface area contributed by atoms with Crippen molar-refractivity contribution in [1.82, 2.24) is 20.4 Å². The molecule has 0 atom stereocenters. The Morgan fingerprint density at radius 1 is 1.35 bits per heavy atom. The van der Waals surface area contributed by atoms with E-state index in [4.69, 9.17) is 4.52 Å². The number of hydrogen-bond donors (Lipinski definition) is 1. The van der Waals surface area contributed by atoms with E-state index in [1.165, 1.54) is 0 Å². The SMILES string of the molecule is CNC(C)(C)c1nc(-c2cncc(Br)c2)no1. The normalized spacial score (nSPS) is 11.8. The predicted molar refractivity (Wildman–Crippen MR) is 67.3 cm³/mol. The van der Waals surface area contributed by atoms with Crippen molar-refractivity contribution in [2.24, 2.45) is 0 Å². The lowest BCUT2D eigenvalue weighted by Crippen LogP contribution is -2.33. The topological polar surface area (TPSA) is 63.8 Å². The van der Waals surface area contributed by atoms with Gasteiger partial charge in [-0.2, -0.15) is 4.98 Å². The van der Waals surface area contributed by atoms with E-state index < -0.39 is 0 Å². The molecule has 0 radical (unpaired) electrons. The van der Waals surface area contributed by atoms with Crippen molar-refractivity contribution in [3.05, 3.63) is 28.8 Å². The summed E-state index contributed by atoms with van der Waals surface area (Å²) in [6.45, 7) is 3.95. The van der Waals surface area contributed by atoms with Gasteiger partial charge in [0, 0.05) is 22.4 Å². The second-order valence-corrected chi connectivity index (χ2v) is 5.11. The van der Waals surface area contributed by atoms with Crippen molar-refractivity contribution >= 4 is 15.9 Å². The Morgan fingerprint density at radius 2 is 2.12 bits per heavy atom. The molecule has 17 heavy (non-hydrogen) atoms. The third-order valence-corrected chi connectivity index (χ3v) is 2.98. The maximum Gasteiger partial charge on any atom is 0.246 e. The van der Waals surface area contributed by atoms with Gasteiger partial charge in [0.05, 0.1) is 5.54 Å². The van der Waals surface area contributed by atoms with Gasteiger partial charge in [0.1, 0.15) is 0 Å². The van der Waals surface area contributed by atoms with Gasteiger partial charge in [-0.1, -0.05) is 5.16 Å².